The van der Waals surface area contributed by atoms with Crippen LogP contribution in [0.2, 0.25) is 0 Å². The summed E-state index contributed by atoms with van der Waals surface area (Å²) in [5.41, 5.74) is -2.85. The number of unbranched alkanes of at least 4 members (excludes halogenated alkanes) is 15. The van der Waals surface area contributed by atoms with E-state index in [0.29, 0.717) is 19.6 Å². The van der Waals surface area contributed by atoms with Gasteiger partial charge < -0.3 is 24.3 Å². The largest absolute Gasteiger partial charge is 0.459 e. The normalized spacial score (nSPS) is 12.5. The lowest BCUT2D eigenvalue weighted by Crippen LogP contribution is -2.48. The maximum Gasteiger partial charge on any atom is 0.320 e. The molecule has 0 aromatic heterocycles. The number of nitrogens with one attached hydrogen (secondary N) is 1. The Bertz CT molecular complexity index is 1100. The van der Waals surface area contributed by atoms with Crippen LogP contribution < -0.4 is 5.32 Å². The topological polar surface area (TPSA) is 144 Å². The van der Waals surface area contributed by atoms with Crippen LogP contribution in [-0.2, 0) is 42.9 Å². The first kappa shape index (κ1) is 58.2. The lowest BCUT2D eigenvalue weighted by atomic mass is 10.0. The van der Waals surface area contributed by atoms with E-state index in [0.717, 1.165) is 19.3 Å². The average molecular weight is 869 g/mol. The lowest BCUT2D eigenvalue weighted by molar-refractivity contribution is -0.162. The van der Waals surface area contributed by atoms with Crippen molar-refractivity contribution in [3.63, 3.8) is 0 Å². The number of rotatable bonds is 33. The number of carbonyl (C=O) groups is 5. The second kappa shape index (κ2) is 31.1. The zero-order chi connectivity index (χ0) is 46.5. The van der Waals surface area contributed by atoms with E-state index in [4.69, 9.17) is 18.9 Å². The van der Waals surface area contributed by atoms with E-state index < -0.39 is 46.3 Å². The average Bonchev–Trinajstić information content (AvgIpc) is 3.07. The summed E-state index contributed by atoms with van der Waals surface area (Å²) in [6, 6.07) is 0. The van der Waals surface area contributed by atoms with E-state index in [1.165, 1.54) is 83.5 Å². The van der Waals surface area contributed by atoms with Crippen molar-refractivity contribution in [1.82, 2.24) is 20.0 Å². The van der Waals surface area contributed by atoms with Crippen molar-refractivity contribution in [2.24, 2.45) is 0 Å². The number of hydrogen-bond acceptors (Lipinski definition) is 12. The summed E-state index contributed by atoms with van der Waals surface area (Å²) in [4.78, 5) is 70.3. The molecule has 0 unspecified atom stereocenters. The van der Waals surface area contributed by atoms with E-state index in [1.54, 1.807) is 92.9 Å². The molecular formula is C48H92N4O9. The van der Waals surface area contributed by atoms with Crippen LogP contribution >= 0.6 is 0 Å². The summed E-state index contributed by atoms with van der Waals surface area (Å²) in [5, 5.41) is 3.07. The summed E-state index contributed by atoms with van der Waals surface area (Å²) in [6.07, 6.45) is 20.5. The van der Waals surface area contributed by atoms with Crippen LogP contribution in [0.25, 0.3) is 0 Å². The molecule has 0 aliphatic rings. The summed E-state index contributed by atoms with van der Waals surface area (Å²) >= 11 is 0. The molecule has 13 nitrogen and oxygen atoms in total. The molecule has 0 aromatic carbocycles. The van der Waals surface area contributed by atoms with Crippen molar-refractivity contribution in [2.75, 3.05) is 65.4 Å². The zero-order valence-electron chi connectivity index (χ0n) is 41.4. The molecule has 0 aliphatic carbocycles. The maximum atomic E-state index is 13.4. The highest BCUT2D eigenvalue weighted by atomic mass is 16.6. The molecule has 13 heteroatoms. The summed E-state index contributed by atoms with van der Waals surface area (Å²) < 4.78 is 22.3. The minimum atomic E-state index is -0.711. The second-order valence-corrected chi connectivity index (χ2v) is 20.7. The van der Waals surface area contributed by atoms with Gasteiger partial charge in [-0.15, -0.1) is 0 Å². The number of amides is 1. The number of hydrogen-bond donors (Lipinski definition) is 1. The first-order valence-corrected chi connectivity index (χ1v) is 23.6. The molecule has 0 aliphatic heterocycles. The molecule has 0 fully saturated rings. The molecule has 0 aromatic rings. The van der Waals surface area contributed by atoms with Crippen molar-refractivity contribution in [3.8, 4) is 0 Å². The highest BCUT2D eigenvalue weighted by Crippen LogP contribution is 2.15. The van der Waals surface area contributed by atoms with Crippen LogP contribution in [0, 0.1) is 0 Å². The van der Waals surface area contributed by atoms with E-state index in [9.17, 15) is 24.0 Å². The molecule has 1 amide bonds. The molecule has 0 atom stereocenters. The summed E-state index contributed by atoms with van der Waals surface area (Å²) in [6.45, 7) is 24.7. The smallest absolute Gasteiger partial charge is 0.320 e. The highest BCUT2D eigenvalue weighted by molar-refractivity contribution is 5.78. The molecule has 0 saturated heterocycles. The van der Waals surface area contributed by atoms with Crippen molar-refractivity contribution < 1.29 is 42.9 Å². The molecule has 0 saturated carbocycles. The number of nitrogens with zero attached hydrogens (tertiary/aromatic N) is 3. The van der Waals surface area contributed by atoms with Crippen LogP contribution in [0.15, 0.2) is 0 Å². The highest BCUT2D eigenvalue weighted by Gasteiger charge is 2.27. The number of carbonyl (C=O) groups excluding carboxylic acids is 5. The quantitative estimate of drug-likeness (QED) is 0.0383. The molecule has 1 N–H and O–H groups in total. The van der Waals surface area contributed by atoms with Gasteiger partial charge in [0.1, 0.15) is 22.4 Å². The fourth-order valence-electron chi connectivity index (χ4n) is 6.65. The summed E-state index contributed by atoms with van der Waals surface area (Å²) in [7, 11) is 0. The molecule has 0 spiro atoms. The van der Waals surface area contributed by atoms with Gasteiger partial charge in [0.25, 0.3) is 0 Å². The molecule has 61 heavy (non-hydrogen) atoms. The van der Waals surface area contributed by atoms with Gasteiger partial charge in [-0.05, 0) is 89.5 Å². The van der Waals surface area contributed by atoms with Crippen LogP contribution in [0.5, 0.6) is 0 Å². The molecule has 0 rings (SSSR count). The van der Waals surface area contributed by atoms with Crippen molar-refractivity contribution in [1.29, 1.82) is 0 Å². The maximum absolute atomic E-state index is 13.4. The Hall–Kier alpha value is -2.77. The Labute approximate surface area is 372 Å². The second-order valence-electron chi connectivity index (χ2n) is 20.7. The van der Waals surface area contributed by atoms with Crippen LogP contribution in [0.1, 0.15) is 193 Å². The van der Waals surface area contributed by atoms with Gasteiger partial charge in [0.2, 0.25) is 5.91 Å². The summed E-state index contributed by atoms with van der Waals surface area (Å²) in [5.74, 6) is -2.10. The molecular weight excluding hydrogens is 777 g/mol. The van der Waals surface area contributed by atoms with E-state index in [2.05, 4.69) is 12.2 Å². The fourth-order valence-corrected chi connectivity index (χ4v) is 6.65. The molecule has 0 radical (unpaired) electrons. The third-order valence-corrected chi connectivity index (χ3v) is 9.28. The standard InChI is InChI=1S/C48H92N4O9/c1-14-15-16-17-18-19-20-21-22-23-24-25-26-27-28-29-30-49-40(53)35-50(31-33-51(36-41(54)58-45(2,3)4)37-42(55)59-46(5,6)7)32-34-52(38-43(56)60-47(8,9)10)39-44(57)61-48(11,12)13/h14-39H2,1-13H3,(H,49,53). The van der Waals surface area contributed by atoms with Crippen molar-refractivity contribution in [3.05, 3.63) is 0 Å². The van der Waals surface area contributed by atoms with Gasteiger partial charge >= 0.3 is 23.9 Å². The minimum Gasteiger partial charge on any atom is -0.459 e. The predicted octanol–water partition coefficient (Wildman–Crippen LogP) is 8.64. The van der Waals surface area contributed by atoms with Crippen molar-refractivity contribution in [2.45, 2.75) is 215 Å². The Morgan fingerprint density at radius 1 is 0.361 bits per heavy atom. The van der Waals surface area contributed by atoms with Crippen LogP contribution in [0.3, 0.4) is 0 Å². The van der Waals surface area contributed by atoms with Gasteiger partial charge in [0.15, 0.2) is 0 Å². The van der Waals surface area contributed by atoms with Gasteiger partial charge in [0, 0.05) is 32.7 Å². The third-order valence-electron chi connectivity index (χ3n) is 9.28. The molecule has 0 bridgehead atoms. The Kier molecular flexibility index (Phi) is 29.7. The predicted molar refractivity (Wildman–Crippen MR) is 245 cm³/mol. The Morgan fingerprint density at radius 2 is 0.607 bits per heavy atom. The molecule has 358 valence electrons. The lowest BCUT2D eigenvalue weighted by Gasteiger charge is -2.30. The van der Waals surface area contributed by atoms with Gasteiger partial charge in [0.05, 0.1) is 32.7 Å². The monoisotopic (exact) mass is 869 g/mol. The van der Waals surface area contributed by atoms with Gasteiger partial charge in [-0.25, -0.2) is 0 Å². The first-order valence-electron chi connectivity index (χ1n) is 23.6. The zero-order valence-corrected chi connectivity index (χ0v) is 41.4. The Balaban J connectivity index is 5.52. The first-order chi connectivity index (χ1) is 28.3. The van der Waals surface area contributed by atoms with Crippen LogP contribution in [-0.4, -0.2) is 132 Å². The minimum absolute atomic E-state index is 0.0400. The SMILES string of the molecule is CCCCCCCCCCCCCCCCCCNC(=O)CN(CCN(CC(=O)OC(C)(C)C)CC(=O)OC(C)(C)C)CCN(CC(=O)OC(C)(C)C)CC(=O)OC(C)(C)C. The Morgan fingerprint density at radius 3 is 0.869 bits per heavy atom. The van der Waals surface area contributed by atoms with E-state index in [1.807, 2.05) is 4.90 Å². The molecule has 0 heterocycles. The van der Waals surface area contributed by atoms with Crippen molar-refractivity contribution >= 4 is 29.8 Å². The van der Waals surface area contributed by atoms with Gasteiger partial charge in [-0.3, -0.25) is 38.7 Å². The number of ether oxygens (including phenoxy) is 4. The fraction of sp³-hybridized carbons (Fsp3) is 0.896. The number of esters is 4. The third kappa shape index (κ3) is 39.8. The van der Waals surface area contributed by atoms with E-state index in [-0.39, 0.29) is 51.7 Å². The van der Waals surface area contributed by atoms with Gasteiger partial charge in [-0.1, -0.05) is 103 Å². The van der Waals surface area contributed by atoms with Gasteiger partial charge in [-0.2, -0.15) is 0 Å². The van der Waals surface area contributed by atoms with E-state index >= 15 is 0 Å². The van der Waals surface area contributed by atoms with Crippen LogP contribution in [0.4, 0.5) is 0 Å².